The lowest BCUT2D eigenvalue weighted by Gasteiger charge is -2.18. The van der Waals surface area contributed by atoms with Crippen LogP contribution in [0.2, 0.25) is 0 Å². The molecule has 0 saturated heterocycles. The Morgan fingerprint density at radius 1 is 0.718 bits per heavy atom. The van der Waals surface area contributed by atoms with Crippen molar-refractivity contribution in [3.05, 3.63) is 0 Å². The number of ether oxygens (including phenoxy) is 1. The number of rotatable bonds is 27. The Morgan fingerprint density at radius 2 is 1.18 bits per heavy atom. The minimum atomic E-state index is -4.72. The molecule has 0 aliphatic carbocycles. The van der Waals surface area contributed by atoms with E-state index in [0.717, 1.165) is 38.5 Å². The number of amides is 1. The number of carboxylic acid groups (broad SMARTS) is 1. The van der Waals surface area contributed by atoms with Gasteiger partial charge in [-0.2, -0.15) is 0 Å². The summed E-state index contributed by atoms with van der Waals surface area (Å²) in [7, 11) is -4.72. The van der Waals surface area contributed by atoms with Gasteiger partial charge in [0.1, 0.15) is 12.7 Å². The Bertz CT molecular complexity index is 706. The van der Waals surface area contributed by atoms with Gasteiger partial charge in [-0.3, -0.25) is 18.6 Å². The molecule has 0 aromatic carbocycles. The molecule has 1 amide bonds. The molecule has 11 nitrogen and oxygen atoms in total. The first-order valence-electron chi connectivity index (χ1n) is 14.6. The number of carboxylic acids is 1. The molecule has 3 unspecified atom stereocenters. The third-order valence-electron chi connectivity index (χ3n) is 6.15. The molecule has 0 aromatic heterocycles. The van der Waals surface area contributed by atoms with Crippen LogP contribution in [0.1, 0.15) is 123 Å². The monoisotopic (exact) mass is 581 g/mol. The summed E-state index contributed by atoms with van der Waals surface area (Å²) >= 11 is 0. The summed E-state index contributed by atoms with van der Waals surface area (Å²) in [6.45, 7) is 2.37. The predicted molar refractivity (Wildman–Crippen MR) is 148 cm³/mol. The quantitative estimate of drug-likeness (QED) is 0.0570. The zero-order chi connectivity index (χ0) is 29.4. The first kappa shape index (κ1) is 37.5. The van der Waals surface area contributed by atoms with Crippen molar-refractivity contribution >= 4 is 25.7 Å². The molecule has 0 aromatic rings. The van der Waals surface area contributed by atoms with Gasteiger partial charge in [-0.1, -0.05) is 97.3 Å². The lowest BCUT2D eigenvalue weighted by atomic mass is 10.1. The van der Waals surface area contributed by atoms with E-state index in [4.69, 9.17) is 9.26 Å². The van der Waals surface area contributed by atoms with Crippen LogP contribution in [0.15, 0.2) is 0 Å². The summed E-state index contributed by atoms with van der Waals surface area (Å²) in [5.41, 5.74) is 0. The Kier molecular flexibility index (Phi) is 23.3. The van der Waals surface area contributed by atoms with Crippen molar-refractivity contribution in [2.45, 2.75) is 135 Å². The van der Waals surface area contributed by atoms with Crippen LogP contribution in [0.4, 0.5) is 0 Å². The smallest absolute Gasteiger partial charge is 0.472 e. The van der Waals surface area contributed by atoms with Crippen LogP contribution in [-0.4, -0.2) is 64.9 Å². The molecule has 0 spiro atoms. The number of phosphoric ester groups is 1. The fourth-order valence-corrected chi connectivity index (χ4v) is 4.56. The molecule has 12 heteroatoms. The lowest BCUT2D eigenvalue weighted by Crippen LogP contribution is -2.43. The number of esters is 1. The van der Waals surface area contributed by atoms with Gasteiger partial charge in [0.05, 0.1) is 13.2 Å². The van der Waals surface area contributed by atoms with E-state index in [-0.39, 0.29) is 12.8 Å². The summed E-state index contributed by atoms with van der Waals surface area (Å²) in [4.78, 5) is 45.0. The number of carbonyl (C=O) groups is 3. The lowest BCUT2D eigenvalue weighted by molar-refractivity contribution is -0.147. The Morgan fingerprint density at radius 3 is 1.72 bits per heavy atom. The number of aliphatic hydroxyl groups excluding tert-OH is 1. The van der Waals surface area contributed by atoms with Crippen molar-refractivity contribution in [1.82, 2.24) is 5.32 Å². The maximum Gasteiger partial charge on any atom is 0.472 e. The zero-order valence-electron chi connectivity index (χ0n) is 23.9. The zero-order valence-corrected chi connectivity index (χ0v) is 24.8. The number of hydrogen-bond acceptors (Lipinski definition) is 8. The molecule has 0 heterocycles. The van der Waals surface area contributed by atoms with Crippen LogP contribution in [0.3, 0.4) is 0 Å². The minimum absolute atomic E-state index is 0.150. The Balaban J connectivity index is 4.09. The Labute approximate surface area is 234 Å². The van der Waals surface area contributed by atoms with E-state index in [9.17, 15) is 34.1 Å². The molecule has 4 N–H and O–H groups in total. The fraction of sp³-hybridized carbons (Fsp3) is 0.889. The third-order valence-corrected chi connectivity index (χ3v) is 7.10. The second kappa shape index (κ2) is 24.3. The number of aliphatic carboxylic acids is 1. The highest BCUT2D eigenvalue weighted by Crippen LogP contribution is 2.43. The normalized spacial score (nSPS) is 14.4. The molecule has 3 atom stereocenters. The SMILES string of the molecule is CCCCCCCCCCCCCC(=O)NC(COP(=O)(O)OCC(O)COC(=O)CCCCCC)C(=O)O. The third kappa shape index (κ3) is 24.0. The second-order valence-electron chi connectivity index (χ2n) is 9.95. The average Bonchev–Trinajstić information content (AvgIpc) is 2.89. The van der Waals surface area contributed by atoms with Gasteiger partial charge in [0.2, 0.25) is 5.91 Å². The molecule has 0 saturated carbocycles. The van der Waals surface area contributed by atoms with Crippen LogP contribution < -0.4 is 5.32 Å². The first-order chi connectivity index (χ1) is 18.6. The molecule has 39 heavy (non-hydrogen) atoms. The van der Waals surface area contributed by atoms with E-state index in [0.29, 0.717) is 12.8 Å². The van der Waals surface area contributed by atoms with E-state index >= 15 is 0 Å². The average molecular weight is 582 g/mol. The van der Waals surface area contributed by atoms with Crippen LogP contribution in [0.25, 0.3) is 0 Å². The van der Waals surface area contributed by atoms with Gasteiger partial charge in [-0.15, -0.1) is 0 Å². The topological polar surface area (TPSA) is 169 Å². The van der Waals surface area contributed by atoms with Gasteiger partial charge in [0.25, 0.3) is 0 Å². The standard InChI is InChI=1S/C27H52NO10P/c1-3-5-7-9-10-11-12-13-14-15-16-18-25(30)28-24(27(32)33)22-38-39(34,35)37-21-23(29)20-36-26(31)19-17-8-6-4-2/h23-24,29H,3-22H2,1-2H3,(H,28,30)(H,32,33)(H,34,35). The van der Waals surface area contributed by atoms with Crippen molar-refractivity contribution in [1.29, 1.82) is 0 Å². The summed E-state index contributed by atoms with van der Waals surface area (Å²) in [5.74, 6) is -2.39. The molecule has 0 rings (SSSR count). The van der Waals surface area contributed by atoms with Gasteiger partial charge >= 0.3 is 19.8 Å². The number of phosphoric acid groups is 1. The number of nitrogens with one attached hydrogen (secondary N) is 1. The summed E-state index contributed by atoms with van der Waals surface area (Å²) in [6.07, 6.45) is 15.1. The second-order valence-corrected chi connectivity index (χ2v) is 11.4. The number of carbonyl (C=O) groups excluding carboxylic acids is 2. The largest absolute Gasteiger partial charge is 0.480 e. The Hall–Kier alpha value is -1.52. The predicted octanol–water partition coefficient (Wildman–Crippen LogP) is 5.27. The van der Waals surface area contributed by atoms with Gasteiger partial charge in [0, 0.05) is 12.8 Å². The molecule has 0 bridgehead atoms. The highest BCUT2D eigenvalue weighted by atomic mass is 31.2. The van der Waals surface area contributed by atoms with Crippen molar-refractivity contribution in [3.8, 4) is 0 Å². The van der Waals surface area contributed by atoms with Crippen molar-refractivity contribution < 1.29 is 47.8 Å². The highest BCUT2D eigenvalue weighted by molar-refractivity contribution is 7.47. The molecular weight excluding hydrogens is 529 g/mol. The van der Waals surface area contributed by atoms with E-state index in [1.165, 1.54) is 44.9 Å². The van der Waals surface area contributed by atoms with E-state index in [2.05, 4.69) is 23.7 Å². The van der Waals surface area contributed by atoms with Crippen molar-refractivity contribution in [3.63, 3.8) is 0 Å². The molecule has 0 radical (unpaired) electrons. The van der Waals surface area contributed by atoms with Gasteiger partial charge in [-0.05, 0) is 12.8 Å². The molecular formula is C27H52NO10P. The maximum absolute atomic E-state index is 12.1. The first-order valence-corrected chi connectivity index (χ1v) is 16.1. The minimum Gasteiger partial charge on any atom is -0.480 e. The molecule has 0 aliphatic heterocycles. The van der Waals surface area contributed by atoms with E-state index in [1.807, 2.05) is 0 Å². The van der Waals surface area contributed by atoms with Crippen LogP contribution >= 0.6 is 7.82 Å². The van der Waals surface area contributed by atoms with Crippen LogP contribution in [-0.2, 0) is 32.7 Å². The van der Waals surface area contributed by atoms with Gasteiger partial charge < -0.3 is 25.2 Å². The summed E-state index contributed by atoms with van der Waals surface area (Å²) < 4.78 is 26.3. The summed E-state index contributed by atoms with van der Waals surface area (Å²) in [5, 5.41) is 21.4. The van der Waals surface area contributed by atoms with Crippen LogP contribution in [0, 0.1) is 0 Å². The number of unbranched alkanes of at least 4 members (excludes halogenated alkanes) is 13. The van der Waals surface area contributed by atoms with Gasteiger partial charge in [0.15, 0.2) is 6.04 Å². The molecule has 0 aliphatic rings. The van der Waals surface area contributed by atoms with E-state index < -0.39 is 57.6 Å². The number of aliphatic hydroxyl groups is 1. The van der Waals surface area contributed by atoms with Crippen LogP contribution in [0.5, 0.6) is 0 Å². The van der Waals surface area contributed by atoms with Crippen molar-refractivity contribution in [2.75, 3.05) is 19.8 Å². The summed E-state index contributed by atoms with van der Waals surface area (Å²) in [6, 6.07) is -1.53. The fourth-order valence-electron chi connectivity index (χ4n) is 3.78. The maximum atomic E-state index is 12.1. The highest BCUT2D eigenvalue weighted by Gasteiger charge is 2.28. The van der Waals surface area contributed by atoms with Crippen molar-refractivity contribution in [2.24, 2.45) is 0 Å². The molecule has 0 fully saturated rings. The molecule has 230 valence electrons. The van der Waals surface area contributed by atoms with E-state index in [1.54, 1.807) is 0 Å². The number of hydrogen-bond donors (Lipinski definition) is 4. The van der Waals surface area contributed by atoms with Gasteiger partial charge in [-0.25, -0.2) is 9.36 Å².